The summed E-state index contributed by atoms with van der Waals surface area (Å²) < 4.78 is 97.5. The van der Waals surface area contributed by atoms with Crippen molar-refractivity contribution < 1.29 is 45.7 Å². The summed E-state index contributed by atoms with van der Waals surface area (Å²) in [5.41, 5.74) is -1.02. The molecule has 2 unspecified atom stereocenters. The van der Waals surface area contributed by atoms with Crippen molar-refractivity contribution in [3.05, 3.63) is 96.1 Å². The van der Waals surface area contributed by atoms with E-state index < -0.39 is 47.7 Å². The van der Waals surface area contributed by atoms with Gasteiger partial charge < -0.3 is 19.3 Å². The third-order valence-electron chi connectivity index (χ3n) is 7.26. The van der Waals surface area contributed by atoms with Crippen LogP contribution in [0.4, 0.5) is 26.3 Å². The summed E-state index contributed by atoms with van der Waals surface area (Å²) in [4.78, 5) is 3.88. The number of fused-ring (bicyclic) bond motifs is 1. The molecule has 0 amide bonds. The second kappa shape index (κ2) is 13.8. The molecular formula is C31H29F6N3O4S. The van der Waals surface area contributed by atoms with E-state index >= 15 is 0 Å². The number of ether oxygens (including phenoxy) is 3. The number of rotatable bonds is 12. The molecule has 45 heavy (non-hydrogen) atoms. The van der Waals surface area contributed by atoms with Crippen LogP contribution < -0.4 is 4.74 Å². The average Bonchev–Trinajstić information content (AvgIpc) is 3.52. The van der Waals surface area contributed by atoms with E-state index in [1.54, 1.807) is 37.3 Å². The van der Waals surface area contributed by atoms with Gasteiger partial charge in [0, 0.05) is 16.9 Å². The first-order valence-electron chi connectivity index (χ1n) is 13.8. The fourth-order valence-corrected chi connectivity index (χ4v) is 6.11. The number of benzene rings is 3. The van der Waals surface area contributed by atoms with Crippen LogP contribution in [-0.4, -0.2) is 68.8 Å². The van der Waals surface area contributed by atoms with Gasteiger partial charge in [-0.05, 0) is 46.7 Å². The topological polar surface area (TPSA) is 78.6 Å². The van der Waals surface area contributed by atoms with Gasteiger partial charge in [-0.3, -0.25) is 0 Å². The molecule has 0 bridgehead atoms. The maximum absolute atomic E-state index is 14.8. The van der Waals surface area contributed by atoms with Crippen LogP contribution in [-0.2, 0) is 21.6 Å². The minimum Gasteiger partial charge on any atom is -0.487 e. The van der Waals surface area contributed by atoms with Gasteiger partial charge >= 0.3 is 12.3 Å². The van der Waals surface area contributed by atoms with Crippen LogP contribution in [0.2, 0.25) is 0 Å². The molecule has 1 N–H and O–H groups in total. The lowest BCUT2D eigenvalue weighted by atomic mass is 9.90. The van der Waals surface area contributed by atoms with Gasteiger partial charge in [0.2, 0.25) is 0 Å². The fourth-order valence-electron chi connectivity index (χ4n) is 4.79. The van der Waals surface area contributed by atoms with E-state index in [1.165, 1.54) is 47.3 Å². The molecule has 1 aromatic heterocycles. The number of aliphatic hydroxyl groups is 1. The van der Waals surface area contributed by atoms with Gasteiger partial charge in [-0.2, -0.15) is 13.9 Å². The molecule has 7 nitrogen and oxygen atoms in total. The Morgan fingerprint density at radius 1 is 1.07 bits per heavy atom. The number of nitrogens with zero attached hydrogens (tertiary/aromatic N) is 3. The molecule has 2 heterocycles. The largest absolute Gasteiger partial charge is 0.487 e. The number of halogens is 6. The summed E-state index contributed by atoms with van der Waals surface area (Å²) in [5, 5.41) is 16.4. The summed E-state index contributed by atoms with van der Waals surface area (Å²) in [6, 6.07) is 13.0. The molecule has 1 aliphatic heterocycles. The Labute approximate surface area is 258 Å². The zero-order valence-electron chi connectivity index (χ0n) is 23.8. The van der Waals surface area contributed by atoms with E-state index in [0.717, 1.165) is 23.1 Å². The van der Waals surface area contributed by atoms with Crippen LogP contribution in [0, 0.1) is 11.6 Å². The zero-order chi connectivity index (χ0) is 32.2. The SMILES string of the molecule is CC(SC1COC(C=Cc2ccc3cc(OCC(F)(F)C(F)F)ccc3c2)OC1)C(O)(Cn1cncn1)c1ccc(F)cc1F. The van der Waals surface area contributed by atoms with Crippen molar-refractivity contribution in [1.82, 2.24) is 14.8 Å². The van der Waals surface area contributed by atoms with E-state index in [0.29, 0.717) is 5.39 Å². The molecule has 14 heteroatoms. The number of thioether (sulfide) groups is 1. The number of hydrogen-bond donors (Lipinski definition) is 1. The maximum atomic E-state index is 14.8. The molecule has 0 aliphatic carbocycles. The van der Waals surface area contributed by atoms with Crippen LogP contribution >= 0.6 is 11.8 Å². The normalized spacial score (nSPS) is 19.7. The third-order valence-corrected chi connectivity index (χ3v) is 8.72. The Bertz CT molecular complexity index is 1620. The van der Waals surface area contributed by atoms with Crippen molar-refractivity contribution in [2.45, 2.75) is 48.2 Å². The van der Waals surface area contributed by atoms with Gasteiger partial charge in [-0.15, -0.1) is 11.8 Å². The van der Waals surface area contributed by atoms with Crippen LogP contribution in [0.3, 0.4) is 0 Å². The Balaban J connectivity index is 1.18. The van der Waals surface area contributed by atoms with Gasteiger partial charge in [-0.25, -0.2) is 27.2 Å². The molecule has 0 radical (unpaired) electrons. The molecule has 2 atom stereocenters. The van der Waals surface area contributed by atoms with Gasteiger partial charge in [0.15, 0.2) is 12.9 Å². The van der Waals surface area contributed by atoms with Crippen molar-refractivity contribution in [2.75, 3.05) is 19.8 Å². The lowest BCUT2D eigenvalue weighted by Crippen LogP contribution is -2.43. The van der Waals surface area contributed by atoms with E-state index in [2.05, 4.69) is 10.1 Å². The highest BCUT2D eigenvalue weighted by Crippen LogP contribution is 2.39. The first-order valence-corrected chi connectivity index (χ1v) is 14.8. The highest BCUT2D eigenvalue weighted by molar-refractivity contribution is 8.00. The summed E-state index contributed by atoms with van der Waals surface area (Å²) >= 11 is 1.35. The monoisotopic (exact) mass is 653 g/mol. The van der Waals surface area contributed by atoms with Crippen molar-refractivity contribution in [3.63, 3.8) is 0 Å². The summed E-state index contributed by atoms with van der Waals surface area (Å²) in [6.45, 7) is 0.760. The number of aromatic nitrogens is 3. The highest BCUT2D eigenvalue weighted by atomic mass is 32.2. The molecule has 3 aromatic carbocycles. The fraction of sp³-hybridized carbons (Fsp3) is 0.355. The van der Waals surface area contributed by atoms with Crippen LogP contribution in [0.15, 0.2) is 73.3 Å². The van der Waals surface area contributed by atoms with Crippen LogP contribution in [0.25, 0.3) is 16.8 Å². The molecular weight excluding hydrogens is 624 g/mol. The number of hydrogen-bond acceptors (Lipinski definition) is 7. The van der Waals surface area contributed by atoms with Crippen molar-refractivity contribution >= 4 is 28.6 Å². The maximum Gasteiger partial charge on any atom is 0.340 e. The predicted octanol–water partition coefficient (Wildman–Crippen LogP) is 6.45. The smallest absolute Gasteiger partial charge is 0.340 e. The molecule has 0 saturated carbocycles. The van der Waals surface area contributed by atoms with E-state index in [1.807, 2.05) is 6.07 Å². The molecule has 1 saturated heterocycles. The van der Waals surface area contributed by atoms with Crippen molar-refractivity contribution in [1.29, 1.82) is 0 Å². The predicted molar refractivity (Wildman–Crippen MR) is 156 cm³/mol. The molecule has 1 fully saturated rings. The molecule has 240 valence electrons. The minimum atomic E-state index is -4.24. The highest BCUT2D eigenvalue weighted by Gasteiger charge is 2.42. The van der Waals surface area contributed by atoms with Gasteiger partial charge in [0.25, 0.3) is 0 Å². The van der Waals surface area contributed by atoms with Gasteiger partial charge in [0.05, 0.1) is 25.0 Å². The lowest BCUT2D eigenvalue weighted by molar-refractivity contribution is -0.148. The second-order valence-corrected chi connectivity index (χ2v) is 12.2. The van der Waals surface area contributed by atoms with Gasteiger partial charge in [-0.1, -0.05) is 37.3 Å². The van der Waals surface area contributed by atoms with Gasteiger partial charge in [0.1, 0.15) is 35.6 Å². The van der Waals surface area contributed by atoms with Crippen LogP contribution in [0.5, 0.6) is 5.75 Å². The average molecular weight is 654 g/mol. The quantitative estimate of drug-likeness (QED) is 0.176. The number of alkyl halides is 4. The third kappa shape index (κ3) is 7.98. The summed E-state index contributed by atoms with van der Waals surface area (Å²) in [5.74, 6) is -5.82. The first-order chi connectivity index (χ1) is 21.4. The molecule has 5 rings (SSSR count). The summed E-state index contributed by atoms with van der Waals surface area (Å²) in [7, 11) is 0. The van der Waals surface area contributed by atoms with E-state index in [4.69, 9.17) is 14.2 Å². The summed E-state index contributed by atoms with van der Waals surface area (Å²) in [6.07, 6.45) is 1.76. The first kappa shape index (κ1) is 32.8. The van der Waals surface area contributed by atoms with Crippen molar-refractivity contribution in [3.8, 4) is 5.75 Å². The Kier molecular flexibility index (Phi) is 10.1. The van der Waals surface area contributed by atoms with E-state index in [9.17, 15) is 31.4 Å². The molecule has 0 spiro atoms. The second-order valence-electron chi connectivity index (χ2n) is 10.6. The molecule has 4 aromatic rings. The Hall–Kier alpha value is -3.59. The van der Waals surface area contributed by atoms with E-state index in [-0.39, 0.29) is 36.3 Å². The van der Waals surface area contributed by atoms with Crippen molar-refractivity contribution in [2.24, 2.45) is 0 Å². The standard InChI is InChI=1S/C31H29F6N3O4S/c1-19(30(41,15-40-18-38-17-39-40)26-8-6-23(32)12-27(26)33)45-25-13-42-28(43-14-25)9-3-20-2-4-22-11-24(7-5-21(22)10-20)44-16-31(36,37)29(34)35/h2-12,17-19,25,28-29,41H,13-16H2,1H3. The minimum absolute atomic E-state index is 0.0523. The lowest BCUT2D eigenvalue weighted by Gasteiger charge is -2.37. The molecule has 1 aliphatic rings. The zero-order valence-corrected chi connectivity index (χ0v) is 24.6. The Morgan fingerprint density at radius 2 is 1.80 bits per heavy atom. The Morgan fingerprint density at radius 3 is 2.49 bits per heavy atom. The van der Waals surface area contributed by atoms with Crippen LogP contribution in [0.1, 0.15) is 18.1 Å².